The van der Waals surface area contributed by atoms with Crippen molar-refractivity contribution in [2.24, 2.45) is 5.16 Å². The largest absolute Gasteiger partial charge is 0.495 e. The fourth-order valence-electron chi connectivity index (χ4n) is 4.35. The Morgan fingerprint density at radius 2 is 1.94 bits per heavy atom. The van der Waals surface area contributed by atoms with E-state index in [2.05, 4.69) is 10.1 Å². The van der Waals surface area contributed by atoms with Crippen LogP contribution in [0.3, 0.4) is 0 Å². The molecule has 0 aliphatic carbocycles. The molecule has 0 N–H and O–H groups in total. The fraction of sp³-hybridized carbons (Fsp3) is 0.250. The Kier molecular flexibility index (Phi) is 4.92. The predicted octanol–water partition coefficient (Wildman–Crippen LogP) is 4.77. The zero-order chi connectivity index (χ0) is 22.3. The van der Waals surface area contributed by atoms with Crippen LogP contribution in [0.5, 0.6) is 5.75 Å². The number of methoxy groups -OCH3 is 1. The van der Waals surface area contributed by atoms with Crippen LogP contribution >= 0.6 is 0 Å². The summed E-state index contributed by atoms with van der Waals surface area (Å²) >= 11 is 0. The maximum atomic E-state index is 13.8. The number of rotatable bonds is 5. The van der Waals surface area contributed by atoms with Crippen LogP contribution in [0.25, 0.3) is 11.8 Å². The summed E-state index contributed by atoms with van der Waals surface area (Å²) in [5.74, 6) is 0.0588. The Morgan fingerprint density at radius 1 is 1.12 bits per heavy atom. The summed E-state index contributed by atoms with van der Waals surface area (Å²) in [4.78, 5) is 12.0. The van der Waals surface area contributed by atoms with Gasteiger partial charge in [0.25, 0.3) is 0 Å². The van der Waals surface area contributed by atoms with Crippen LogP contribution in [0, 0.1) is 18.6 Å². The molecule has 1 fully saturated rings. The molecule has 3 aromatic rings. The molecule has 0 bridgehead atoms. The first-order valence-electron chi connectivity index (χ1n) is 10.4. The highest BCUT2D eigenvalue weighted by atomic mass is 19.1. The lowest BCUT2D eigenvalue weighted by Crippen LogP contribution is -2.40. The Bertz CT molecular complexity index is 1220. The van der Waals surface area contributed by atoms with Crippen LogP contribution in [0.2, 0.25) is 0 Å². The molecule has 2 aliphatic heterocycles. The summed E-state index contributed by atoms with van der Waals surface area (Å²) in [5, 5.41) is 4.22. The number of benzene rings is 2. The van der Waals surface area contributed by atoms with Crippen LogP contribution in [-0.2, 0) is 10.6 Å². The first-order valence-corrected chi connectivity index (χ1v) is 10.4. The molecular weight excluding hydrogens is 414 g/mol. The second-order valence-corrected chi connectivity index (χ2v) is 7.93. The highest BCUT2D eigenvalue weighted by Gasteiger charge is 2.50. The summed E-state index contributed by atoms with van der Waals surface area (Å²) in [6.07, 6.45) is 8.86. The number of aryl methyl sites for hydroxylation is 1. The summed E-state index contributed by atoms with van der Waals surface area (Å²) in [6, 6.07) is 9.34. The van der Waals surface area contributed by atoms with Crippen LogP contribution < -0.4 is 4.74 Å². The molecule has 1 atom stereocenters. The molecule has 1 saturated heterocycles. The molecule has 0 amide bonds. The number of halogens is 2. The van der Waals surface area contributed by atoms with Crippen molar-refractivity contribution in [2.75, 3.05) is 13.7 Å². The third-order valence-electron chi connectivity index (χ3n) is 5.83. The zero-order valence-electron chi connectivity index (χ0n) is 17.8. The van der Waals surface area contributed by atoms with Gasteiger partial charge in [-0.2, -0.15) is 0 Å². The van der Waals surface area contributed by atoms with Gasteiger partial charge in [-0.3, -0.25) is 0 Å². The number of hydrogen-bond donors (Lipinski definition) is 0. The monoisotopic (exact) mass is 436 g/mol. The van der Waals surface area contributed by atoms with E-state index < -0.39 is 17.4 Å². The Hall–Kier alpha value is -3.68. The Balaban J connectivity index is 1.40. The van der Waals surface area contributed by atoms with Gasteiger partial charge in [-0.25, -0.2) is 13.8 Å². The zero-order valence-corrected chi connectivity index (χ0v) is 17.8. The number of imidazole rings is 1. The van der Waals surface area contributed by atoms with Gasteiger partial charge in [-0.15, -0.1) is 0 Å². The molecule has 1 aromatic heterocycles. The molecule has 0 saturated carbocycles. The van der Waals surface area contributed by atoms with E-state index >= 15 is 0 Å². The third kappa shape index (κ3) is 3.41. The first-order chi connectivity index (χ1) is 15.5. The van der Waals surface area contributed by atoms with E-state index in [1.165, 1.54) is 12.1 Å². The van der Waals surface area contributed by atoms with Crippen LogP contribution in [-0.4, -0.2) is 33.9 Å². The molecule has 0 radical (unpaired) electrons. The van der Waals surface area contributed by atoms with Crippen molar-refractivity contribution in [3.05, 3.63) is 83.5 Å². The van der Waals surface area contributed by atoms with E-state index in [4.69, 9.17) is 9.57 Å². The van der Waals surface area contributed by atoms with E-state index in [0.717, 1.165) is 29.4 Å². The number of ether oxygens (including phenoxy) is 1. The minimum atomic E-state index is -0.969. The lowest BCUT2D eigenvalue weighted by molar-refractivity contribution is -0.0850. The maximum absolute atomic E-state index is 13.8. The van der Waals surface area contributed by atoms with Gasteiger partial charge in [0.2, 0.25) is 5.72 Å². The number of fused-ring (bicyclic) bond motifs is 1. The average Bonchev–Trinajstić information content (AvgIpc) is 3.47. The first kappa shape index (κ1) is 20.2. The normalized spacial score (nSPS) is 19.9. The second-order valence-electron chi connectivity index (χ2n) is 7.93. The van der Waals surface area contributed by atoms with E-state index in [-0.39, 0.29) is 0 Å². The Morgan fingerprint density at radius 3 is 2.66 bits per heavy atom. The summed E-state index contributed by atoms with van der Waals surface area (Å²) in [6.45, 7) is 2.62. The molecule has 3 heterocycles. The quantitative estimate of drug-likeness (QED) is 0.578. The predicted molar refractivity (Wildman–Crippen MR) is 116 cm³/mol. The number of amidine groups is 1. The molecule has 6 nitrogen and oxygen atoms in total. The minimum Gasteiger partial charge on any atom is -0.495 e. The fourth-order valence-corrected chi connectivity index (χ4v) is 4.35. The highest BCUT2D eigenvalue weighted by molar-refractivity contribution is 5.97. The smallest absolute Gasteiger partial charge is 0.237 e. The van der Waals surface area contributed by atoms with Gasteiger partial charge < -0.3 is 19.0 Å². The number of nitrogens with zero attached hydrogens (tertiary/aromatic N) is 4. The molecule has 8 heteroatoms. The molecular formula is C24H22F2N4O2. The van der Waals surface area contributed by atoms with E-state index in [1.807, 2.05) is 52.9 Å². The van der Waals surface area contributed by atoms with Gasteiger partial charge in [0.1, 0.15) is 17.4 Å². The summed E-state index contributed by atoms with van der Waals surface area (Å²) in [5.41, 5.74) is 2.18. The van der Waals surface area contributed by atoms with Crippen LogP contribution in [0.1, 0.15) is 29.7 Å². The molecule has 1 unspecified atom stereocenters. The average molecular weight is 436 g/mol. The minimum absolute atomic E-state index is 0.432. The highest BCUT2D eigenvalue weighted by Crippen LogP contribution is 2.44. The molecule has 164 valence electrons. The SMILES string of the molecule is COc1cc(C=CC2=NOC3(c4cc(F)cc(F)c4)CCCN23)ccc1-n1cnc(C)c1. The van der Waals surface area contributed by atoms with Gasteiger partial charge >= 0.3 is 0 Å². The molecule has 2 aromatic carbocycles. The Labute approximate surface area is 184 Å². The molecule has 32 heavy (non-hydrogen) atoms. The summed E-state index contributed by atoms with van der Waals surface area (Å²) in [7, 11) is 1.63. The van der Waals surface area contributed by atoms with Crippen molar-refractivity contribution < 1.29 is 18.4 Å². The lowest BCUT2D eigenvalue weighted by Gasteiger charge is -2.30. The van der Waals surface area contributed by atoms with Crippen molar-refractivity contribution in [3.8, 4) is 11.4 Å². The van der Waals surface area contributed by atoms with E-state index in [9.17, 15) is 8.78 Å². The third-order valence-corrected chi connectivity index (χ3v) is 5.83. The van der Waals surface area contributed by atoms with Crippen LogP contribution in [0.4, 0.5) is 8.78 Å². The van der Waals surface area contributed by atoms with Gasteiger partial charge in [0.05, 0.1) is 24.8 Å². The van der Waals surface area contributed by atoms with Gasteiger partial charge in [0.15, 0.2) is 5.84 Å². The number of oxime groups is 1. The lowest BCUT2D eigenvalue weighted by atomic mass is 9.99. The second kappa shape index (κ2) is 7.78. The number of aromatic nitrogens is 2. The van der Waals surface area contributed by atoms with Crippen molar-refractivity contribution in [1.82, 2.24) is 14.5 Å². The number of hydrogen-bond acceptors (Lipinski definition) is 5. The molecule has 0 spiro atoms. The van der Waals surface area contributed by atoms with Crippen LogP contribution in [0.15, 0.2) is 60.2 Å². The van der Waals surface area contributed by atoms with Crippen molar-refractivity contribution >= 4 is 11.9 Å². The molecule has 2 aliphatic rings. The standard InChI is InChI=1S/C24H22F2N4O2/c1-16-14-29(15-27-16)21-6-4-17(10-22(21)31-2)5-7-23-28-32-24(8-3-9-30(23)24)18-11-19(25)13-20(26)12-18/h4-7,10-15H,3,8-9H2,1-2H3. The van der Waals surface area contributed by atoms with E-state index in [0.29, 0.717) is 30.1 Å². The van der Waals surface area contributed by atoms with Gasteiger partial charge in [-0.1, -0.05) is 17.3 Å². The van der Waals surface area contributed by atoms with Gasteiger partial charge in [-0.05, 0) is 49.2 Å². The van der Waals surface area contributed by atoms with Crippen molar-refractivity contribution in [3.63, 3.8) is 0 Å². The molecule has 5 rings (SSSR count). The van der Waals surface area contributed by atoms with Gasteiger partial charge in [0, 0.05) is 30.8 Å². The summed E-state index contributed by atoms with van der Waals surface area (Å²) < 4.78 is 35.2. The van der Waals surface area contributed by atoms with Crippen molar-refractivity contribution in [2.45, 2.75) is 25.5 Å². The van der Waals surface area contributed by atoms with E-state index in [1.54, 1.807) is 13.4 Å². The topological polar surface area (TPSA) is 51.9 Å². The van der Waals surface area contributed by atoms with Crippen molar-refractivity contribution in [1.29, 1.82) is 0 Å². The maximum Gasteiger partial charge on any atom is 0.237 e.